The van der Waals surface area contributed by atoms with E-state index in [0.717, 1.165) is 51.6 Å². The average Bonchev–Trinajstić information content (AvgIpc) is 3.92. The third-order valence-corrected chi connectivity index (χ3v) is 13.9. The molecule has 0 atom stereocenters. The Hall–Kier alpha value is -3.97. The van der Waals surface area contributed by atoms with E-state index >= 15 is 14.4 Å². The van der Waals surface area contributed by atoms with Crippen LogP contribution in [0.5, 0.6) is 0 Å². The van der Waals surface area contributed by atoms with E-state index in [1.54, 1.807) is 23.9 Å². The first kappa shape index (κ1) is 37.0. The van der Waals surface area contributed by atoms with E-state index in [1.807, 2.05) is 106 Å². The number of aromatic nitrogens is 2. The van der Waals surface area contributed by atoms with E-state index < -0.39 is 28.3 Å². The van der Waals surface area contributed by atoms with Gasteiger partial charge in [-0.1, -0.05) is 103 Å². The van der Waals surface area contributed by atoms with Crippen LogP contribution in [-0.4, -0.2) is 47.4 Å². The fourth-order valence-corrected chi connectivity index (χ4v) is 11.4. The number of benzene rings is 4. The highest BCUT2D eigenvalue weighted by Gasteiger charge is 2.66. The van der Waals surface area contributed by atoms with Crippen LogP contribution >= 0.6 is 54.5 Å². The van der Waals surface area contributed by atoms with Crippen molar-refractivity contribution in [3.05, 3.63) is 116 Å². The molecule has 2 amide bonds. The summed E-state index contributed by atoms with van der Waals surface area (Å²) in [7, 11) is 3.46. The number of carbonyl (C=O) groups excluding carboxylic acids is 3. The Bertz CT molecular complexity index is 2280. The van der Waals surface area contributed by atoms with Crippen LogP contribution in [0.4, 0.5) is 10.3 Å². The molecule has 0 unspecified atom stereocenters. The van der Waals surface area contributed by atoms with Crippen LogP contribution in [0, 0.1) is 16.7 Å². The zero-order valence-electron chi connectivity index (χ0n) is 30.5. The molecule has 2 aliphatic rings. The third-order valence-electron chi connectivity index (χ3n) is 10.7. The van der Waals surface area contributed by atoms with Crippen LogP contribution in [0.2, 0.25) is 0 Å². The van der Waals surface area contributed by atoms with Crippen molar-refractivity contribution in [1.29, 1.82) is 0 Å². The molecule has 12 heteroatoms. The summed E-state index contributed by atoms with van der Waals surface area (Å²) < 4.78 is 10.0. The van der Waals surface area contributed by atoms with Crippen LogP contribution in [0.3, 0.4) is 0 Å². The SMILES string of the molecule is CN(C(=O)C1(C(C(=O)OC(C)(C)C)C2(C(=O)N(C)c3nc4ccc(Br)cc4s3)Cc3ccccc3C2)Cc2ccccc2C1)c1nc2ccc(Br)cc2s1. The van der Waals surface area contributed by atoms with Gasteiger partial charge in [0, 0.05) is 23.0 Å². The maximum Gasteiger partial charge on any atom is 0.311 e. The van der Waals surface area contributed by atoms with Crippen molar-refractivity contribution in [3.8, 4) is 0 Å². The van der Waals surface area contributed by atoms with E-state index in [-0.39, 0.29) is 37.5 Å². The molecule has 4 aromatic carbocycles. The van der Waals surface area contributed by atoms with Gasteiger partial charge in [0.1, 0.15) is 5.60 Å². The minimum Gasteiger partial charge on any atom is -0.460 e. The summed E-state index contributed by atoms with van der Waals surface area (Å²) in [5, 5.41) is 1.03. The molecular formula is C42H38Br2N4O4S2. The van der Waals surface area contributed by atoms with Crippen LogP contribution < -0.4 is 9.80 Å². The predicted molar refractivity (Wildman–Crippen MR) is 223 cm³/mol. The fourth-order valence-electron chi connectivity index (χ4n) is 8.49. The lowest BCUT2D eigenvalue weighted by Gasteiger charge is -2.47. The Balaban J connectivity index is 1.33. The van der Waals surface area contributed by atoms with Crippen molar-refractivity contribution in [2.45, 2.75) is 52.1 Å². The molecule has 0 bridgehead atoms. The number of amides is 2. The van der Waals surface area contributed by atoms with Crippen molar-refractivity contribution in [2.75, 3.05) is 23.9 Å². The number of rotatable bonds is 7. The Morgan fingerprint density at radius 3 is 1.39 bits per heavy atom. The monoisotopic (exact) mass is 884 g/mol. The molecule has 0 radical (unpaired) electrons. The number of ether oxygens (including phenoxy) is 1. The number of anilines is 2. The first-order chi connectivity index (χ1) is 25.7. The highest BCUT2D eigenvalue weighted by Crippen LogP contribution is 2.57. The second kappa shape index (κ2) is 13.6. The van der Waals surface area contributed by atoms with Crippen molar-refractivity contribution in [3.63, 3.8) is 0 Å². The number of esters is 1. The number of hydrogen-bond acceptors (Lipinski definition) is 8. The molecule has 6 aromatic rings. The van der Waals surface area contributed by atoms with E-state index in [2.05, 4.69) is 31.9 Å². The van der Waals surface area contributed by atoms with E-state index in [9.17, 15) is 0 Å². The second-order valence-electron chi connectivity index (χ2n) is 15.5. The molecule has 0 fully saturated rings. The van der Waals surface area contributed by atoms with Crippen LogP contribution in [-0.2, 0) is 44.8 Å². The molecule has 2 heterocycles. The molecular weight excluding hydrogens is 848 g/mol. The number of halogens is 2. The Morgan fingerprint density at radius 2 is 1.04 bits per heavy atom. The highest BCUT2D eigenvalue weighted by molar-refractivity contribution is 9.10. The maximum absolute atomic E-state index is 15.7. The van der Waals surface area contributed by atoms with Crippen LogP contribution in [0.25, 0.3) is 20.4 Å². The van der Waals surface area contributed by atoms with Gasteiger partial charge in [-0.3, -0.25) is 24.2 Å². The third kappa shape index (κ3) is 6.38. The van der Waals surface area contributed by atoms with Crippen molar-refractivity contribution in [2.24, 2.45) is 16.7 Å². The molecule has 8 rings (SSSR count). The summed E-state index contributed by atoms with van der Waals surface area (Å²) in [6.45, 7) is 5.48. The van der Waals surface area contributed by atoms with Crippen molar-refractivity contribution >= 4 is 103 Å². The maximum atomic E-state index is 15.7. The second-order valence-corrected chi connectivity index (χ2v) is 19.3. The van der Waals surface area contributed by atoms with Crippen molar-refractivity contribution in [1.82, 2.24) is 9.97 Å². The van der Waals surface area contributed by atoms with Crippen molar-refractivity contribution < 1.29 is 19.1 Å². The van der Waals surface area contributed by atoms with Crippen LogP contribution in [0.1, 0.15) is 43.0 Å². The Morgan fingerprint density at radius 1 is 0.667 bits per heavy atom. The van der Waals surface area contributed by atoms with Gasteiger partial charge < -0.3 is 4.74 Å². The molecule has 2 aliphatic carbocycles. The highest BCUT2D eigenvalue weighted by atomic mass is 79.9. The topological polar surface area (TPSA) is 92.7 Å². The lowest BCUT2D eigenvalue weighted by molar-refractivity contribution is -0.178. The summed E-state index contributed by atoms with van der Waals surface area (Å²) in [6.07, 6.45) is 1.04. The number of fused-ring (bicyclic) bond motifs is 4. The number of hydrogen-bond donors (Lipinski definition) is 0. The Kier molecular flexibility index (Phi) is 9.35. The predicted octanol–water partition coefficient (Wildman–Crippen LogP) is 9.59. The zero-order valence-corrected chi connectivity index (χ0v) is 35.3. The summed E-state index contributed by atoms with van der Waals surface area (Å²) in [6, 6.07) is 27.6. The van der Waals surface area contributed by atoms with Gasteiger partial charge in [-0.05, 0) is 105 Å². The fraction of sp³-hybridized carbons (Fsp3) is 0.310. The number of thiazole rings is 2. The molecule has 276 valence electrons. The largest absolute Gasteiger partial charge is 0.460 e. The molecule has 0 spiro atoms. The van der Waals surface area contributed by atoms with E-state index in [1.165, 1.54) is 22.7 Å². The summed E-state index contributed by atoms with van der Waals surface area (Å²) in [5.41, 5.74) is 1.77. The molecule has 0 saturated heterocycles. The first-order valence-electron chi connectivity index (χ1n) is 17.7. The zero-order chi connectivity index (χ0) is 38.2. The standard InChI is InChI=1S/C42H38Br2N4O4S2/c1-40(2,3)52-35(49)34(41(20-24-10-6-7-11-25(24)21-41)36(50)47(4)38-45-30-16-14-28(43)18-32(30)53-38)42(22-26-12-8-9-13-27(26)23-42)37(51)48(5)39-46-31-17-15-29(44)19-33(31)54-39/h6-19,34H,20-23H2,1-5H3. The minimum absolute atomic E-state index is 0.261. The molecule has 0 saturated carbocycles. The van der Waals surface area contributed by atoms with E-state index in [4.69, 9.17) is 14.7 Å². The van der Waals surface area contributed by atoms with Gasteiger partial charge in [-0.15, -0.1) is 0 Å². The van der Waals surface area contributed by atoms with Gasteiger partial charge in [0.15, 0.2) is 10.3 Å². The molecule has 0 aliphatic heterocycles. The lowest BCUT2D eigenvalue weighted by Crippen LogP contribution is -2.61. The minimum atomic E-state index is -1.39. The van der Waals surface area contributed by atoms with Gasteiger partial charge in [0.05, 0.1) is 37.2 Å². The molecule has 2 aromatic heterocycles. The van der Waals surface area contributed by atoms with Gasteiger partial charge >= 0.3 is 5.97 Å². The average molecular weight is 887 g/mol. The number of nitrogens with zero attached hydrogens (tertiary/aromatic N) is 4. The number of carbonyl (C=O) groups is 3. The first-order valence-corrected chi connectivity index (χ1v) is 20.9. The summed E-state index contributed by atoms with van der Waals surface area (Å²) in [5.74, 6) is -2.29. The quantitative estimate of drug-likeness (QED) is 0.148. The van der Waals surface area contributed by atoms with Crippen LogP contribution in [0.15, 0.2) is 93.9 Å². The molecule has 8 nitrogen and oxygen atoms in total. The van der Waals surface area contributed by atoms with Gasteiger partial charge in [-0.25, -0.2) is 9.97 Å². The summed E-state index contributed by atoms with van der Waals surface area (Å²) >= 11 is 9.95. The summed E-state index contributed by atoms with van der Waals surface area (Å²) in [4.78, 5) is 59.7. The Labute approximate surface area is 338 Å². The van der Waals surface area contributed by atoms with E-state index in [0.29, 0.717) is 10.3 Å². The smallest absolute Gasteiger partial charge is 0.311 e. The normalized spacial score (nSPS) is 15.7. The molecule has 54 heavy (non-hydrogen) atoms. The van der Waals surface area contributed by atoms with Gasteiger partial charge in [0.25, 0.3) is 0 Å². The van der Waals surface area contributed by atoms with Gasteiger partial charge in [-0.2, -0.15) is 0 Å². The molecule has 0 N–H and O–H groups in total. The van der Waals surface area contributed by atoms with Gasteiger partial charge in [0.2, 0.25) is 11.8 Å². The lowest BCUT2D eigenvalue weighted by atomic mass is 9.57.